The molecule has 0 saturated carbocycles. The summed E-state index contributed by atoms with van der Waals surface area (Å²) >= 11 is 0. The molecule has 1 amide bonds. The SMILES string of the molecule is CCOc1nccnc1N1CC[C@H](N(C)C(=O)c2ccnn2C)C1. The van der Waals surface area contributed by atoms with Gasteiger partial charge < -0.3 is 14.5 Å². The van der Waals surface area contributed by atoms with Crippen molar-refractivity contribution in [3.05, 3.63) is 30.4 Å². The maximum absolute atomic E-state index is 12.6. The fourth-order valence-electron chi connectivity index (χ4n) is 2.95. The number of nitrogens with zero attached hydrogens (tertiary/aromatic N) is 6. The van der Waals surface area contributed by atoms with E-state index in [1.807, 2.05) is 14.0 Å². The van der Waals surface area contributed by atoms with Crippen LogP contribution in [0.3, 0.4) is 0 Å². The highest BCUT2D eigenvalue weighted by Crippen LogP contribution is 2.27. The molecule has 1 atom stereocenters. The number of anilines is 1. The quantitative estimate of drug-likeness (QED) is 0.813. The van der Waals surface area contributed by atoms with E-state index in [4.69, 9.17) is 4.74 Å². The highest BCUT2D eigenvalue weighted by molar-refractivity contribution is 5.92. The van der Waals surface area contributed by atoms with Crippen molar-refractivity contribution >= 4 is 11.7 Å². The van der Waals surface area contributed by atoms with Crippen LogP contribution in [-0.2, 0) is 7.05 Å². The van der Waals surface area contributed by atoms with E-state index in [0.717, 1.165) is 18.8 Å². The van der Waals surface area contributed by atoms with Gasteiger partial charge in [-0.1, -0.05) is 0 Å². The molecule has 3 heterocycles. The van der Waals surface area contributed by atoms with Gasteiger partial charge in [-0.15, -0.1) is 0 Å². The van der Waals surface area contributed by atoms with Gasteiger partial charge in [-0.2, -0.15) is 5.10 Å². The molecule has 0 radical (unpaired) electrons. The Morgan fingerprint density at radius 1 is 1.38 bits per heavy atom. The van der Waals surface area contributed by atoms with E-state index < -0.39 is 0 Å². The van der Waals surface area contributed by atoms with E-state index in [2.05, 4.69) is 20.0 Å². The Bertz CT molecular complexity index is 716. The minimum absolute atomic E-state index is 0.0222. The number of hydrogen-bond acceptors (Lipinski definition) is 6. The van der Waals surface area contributed by atoms with Crippen LogP contribution in [-0.4, -0.2) is 63.3 Å². The van der Waals surface area contributed by atoms with Crippen LogP contribution < -0.4 is 9.64 Å². The van der Waals surface area contributed by atoms with Crippen molar-refractivity contribution in [2.24, 2.45) is 7.05 Å². The monoisotopic (exact) mass is 330 g/mol. The molecule has 0 aliphatic carbocycles. The van der Waals surface area contributed by atoms with Crippen LogP contribution in [0.15, 0.2) is 24.7 Å². The minimum atomic E-state index is -0.0222. The summed E-state index contributed by atoms with van der Waals surface area (Å²) in [5.74, 6) is 1.26. The van der Waals surface area contributed by atoms with Gasteiger partial charge in [0.25, 0.3) is 11.8 Å². The Balaban J connectivity index is 1.71. The Kier molecular flexibility index (Phi) is 4.64. The summed E-state index contributed by atoms with van der Waals surface area (Å²) in [7, 11) is 3.61. The highest BCUT2D eigenvalue weighted by Gasteiger charge is 2.31. The summed E-state index contributed by atoms with van der Waals surface area (Å²) < 4.78 is 7.16. The van der Waals surface area contributed by atoms with Gasteiger partial charge in [-0.05, 0) is 19.4 Å². The lowest BCUT2D eigenvalue weighted by Gasteiger charge is -2.25. The molecule has 0 N–H and O–H groups in total. The van der Waals surface area contributed by atoms with E-state index in [0.29, 0.717) is 24.7 Å². The fraction of sp³-hybridized carbons (Fsp3) is 0.500. The van der Waals surface area contributed by atoms with Crippen LogP contribution in [0.2, 0.25) is 0 Å². The Morgan fingerprint density at radius 3 is 2.88 bits per heavy atom. The summed E-state index contributed by atoms with van der Waals surface area (Å²) in [6, 6.07) is 1.85. The Morgan fingerprint density at radius 2 is 2.17 bits per heavy atom. The number of ether oxygens (including phenoxy) is 1. The van der Waals surface area contributed by atoms with Crippen LogP contribution in [0.25, 0.3) is 0 Å². The Hall–Kier alpha value is -2.64. The number of hydrogen-bond donors (Lipinski definition) is 0. The average molecular weight is 330 g/mol. The summed E-state index contributed by atoms with van der Waals surface area (Å²) in [5, 5.41) is 4.07. The van der Waals surface area contributed by atoms with Crippen molar-refractivity contribution < 1.29 is 9.53 Å². The molecule has 2 aromatic heterocycles. The lowest BCUT2D eigenvalue weighted by atomic mass is 10.2. The van der Waals surface area contributed by atoms with E-state index in [-0.39, 0.29) is 11.9 Å². The van der Waals surface area contributed by atoms with Crippen molar-refractivity contribution in [3.63, 3.8) is 0 Å². The predicted octanol–water partition coefficient (Wildman–Crippen LogP) is 0.960. The van der Waals surface area contributed by atoms with E-state index in [9.17, 15) is 4.79 Å². The van der Waals surface area contributed by atoms with Gasteiger partial charge in [0.1, 0.15) is 5.69 Å². The van der Waals surface area contributed by atoms with E-state index in [1.54, 1.807) is 41.3 Å². The van der Waals surface area contributed by atoms with Crippen LogP contribution in [0.5, 0.6) is 5.88 Å². The van der Waals surface area contributed by atoms with Crippen LogP contribution in [0, 0.1) is 0 Å². The third-order valence-corrected chi connectivity index (χ3v) is 4.30. The smallest absolute Gasteiger partial charge is 0.272 e. The summed E-state index contributed by atoms with van der Waals surface area (Å²) in [4.78, 5) is 25.2. The first-order valence-corrected chi connectivity index (χ1v) is 8.05. The van der Waals surface area contributed by atoms with Gasteiger partial charge >= 0.3 is 0 Å². The normalized spacial score (nSPS) is 17.1. The van der Waals surface area contributed by atoms with Crippen molar-refractivity contribution in [2.45, 2.75) is 19.4 Å². The number of rotatable bonds is 5. The molecule has 1 aliphatic rings. The average Bonchev–Trinajstić information content (AvgIpc) is 3.23. The van der Waals surface area contributed by atoms with Crippen LogP contribution in [0.4, 0.5) is 5.82 Å². The Labute approximate surface area is 141 Å². The predicted molar refractivity (Wildman–Crippen MR) is 89.1 cm³/mol. The molecule has 1 aliphatic heterocycles. The van der Waals surface area contributed by atoms with Crippen molar-refractivity contribution in [1.29, 1.82) is 0 Å². The second-order valence-electron chi connectivity index (χ2n) is 5.76. The third kappa shape index (κ3) is 3.04. The first-order chi connectivity index (χ1) is 11.6. The summed E-state index contributed by atoms with van der Waals surface area (Å²) in [6.07, 6.45) is 5.80. The number of amides is 1. The molecule has 1 saturated heterocycles. The summed E-state index contributed by atoms with van der Waals surface area (Å²) in [6.45, 7) is 3.98. The first kappa shape index (κ1) is 16.2. The second kappa shape index (κ2) is 6.86. The lowest BCUT2D eigenvalue weighted by molar-refractivity contribution is 0.0734. The standard InChI is InChI=1S/C16H22N6O2/c1-4-24-15-14(17-8-9-18-15)22-10-6-12(11-22)20(2)16(23)13-5-7-19-21(13)3/h5,7-9,12H,4,6,10-11H2,1-3H3/t12-/m0/s1. The lowest BCUT2D eigenvalue weighted by Crippen LogP contribution is -2.40. The zero-order chi connectivity index (χ0) is 17.1. The van der Waals surface area contributed by atoms with Crippen molar-refractivity contribution in [1.82, 2.24) is 24.6 Å². The molecule has 0 bridgehead atoms. The molecule has 2 aromatic rings. The number of carbonyl (C=O) groups excluding carboxylic acids is 1. The van der Waals surface area contributed by atoms with Gasteiger partial charge in [0.2, 0.25) is 0 Å². The number of aromatic nitrogens is 4. The largest absolute Gasteiger partial charge is 0.475 e. The molecule has 128 valence electrons. The zero-order valence-electron chi connectivity index (χ0n) is 14.2. The van der Waals surface area contributed by atoms with Gasteiger partial charge in [0.15, 0.2) is 5.82 Å². The molecular weight excluding hydrogens is 308 g/mol. The van der Waals surface area contributed by atoms with E-state index in [1.165, 1.54) is 0 Å². The molecule has 8 heteroatoms. The van der Waals surface area contributed by atoms with Crippen molar-refractivity contribution in [3.8, 4) is 5.88 Å². The maximum atomic E-state index is 12.6. The molecule has 24 heavy (non-hydrogen) atoms. The summed E-state index contributed by atoms with van der Waals surface area (Å²) in [5.41, 5.74) is 0.588. The minimum Gasteiger partial charge on any atom is -0.475 e. The molecule has 1 fully saturated rings. The topological polar surface area (TPSA) is 76.4 Å². The molecule has 8 nitrogen and oxygen atoms in total. The third-order valence-electron chi connectivity index (χ3n) is 4.30. The zero-order valence-corrected chi connectivity index (χ0v) is 14.2. The van der Waals surface area contributed by atoms with Gasteiger partial charge in [-0.25, -0.2) is 9.97 Å². The number of aryl methyl sites for hydroxylation is 1. The van der Waals surface area contributed by atoms with Gasteiger partial charge in [0.05, 0.1) is 12.6 Å². The second-order valence-corrected chi connectivity index (χ2v) is 5.76. The molecular formula is C16H22N6O2. The number of carbonyl (C=O) groups is 1. The number of likely N-dealkylation sites (N-methyl/N-ethyl adjacent to an activating group) is 1. The maximum Gasteiger partial charge on any atom is 0.272 e. The van der Waals surface area contributed by atoms with Crippen LogP contribution >= 0.6 is 0 Å². The highest BCUT2D eigenvalue weighted by atomic mass is 16.5. The fourth-order valence-corrected chi connectivity index (χ4v) is 2.95. The molecule has 0 aromatic carbocycles. The van der Waals surface area contributed by atoms with Crippen LogP contribution in [0.1, 0.15) is 23.8 Å². The van der Waals surface area contributed by atoms with Gasteiger partial charge in [0, 0.05) is 45.8 Å². The molecule has 3 rings (SSSR count). The molecule has 0 unspecified atom stereocenters. The van der Waals surface area contributed by atoms with Crippen molar-refractivity contribution in [2.75, 3.05) is 31.6 Å². The van der Waals surface area contributed by atoms with E-state index >= 15 is 0 Å². The van der Waals surface area contributed by atoms with Gasteiger partial charge in [-0.3, -0.25) is 9.48 Å². The molecule has 0 spiro atoms. The first-order valence-electron chi connectivity index (χ1n) is 8.05.